The first kappa shape index (κ1) is 7.09. The number of allylic oxidation sites excluding steroid dienone is 4. The Morgan fingerprint density at radius 2 is 2.40 bits per heavy atom. The van der Waals surface area contributed by atoms with Crippen LogP contribution in [0.15, 0.2) is 35.6 Å². The summed E-state index contributed by atoms with van der Waals surface area (Å²) in [6.45, 7) is 0.105. The van der Waals surface area contributed by atoms with E-state index in [1.807, 2.05) is 18.2 Å². The highest BCUT2D eigenvalue weighted by Crippen LogP contribution is 2.11. The number of hydrogen-bond donors (Lipinski definition) is 2. The van der Waals surface area contributed by atoms with E-state index in [0.29, 0.717) is 0 Å². The Morgan fingerprint density at radius 3 is 2.90 bits per heavy atom. The number of nitrogens with two attached hydrogens (primary N) is 1. The molecular formula is C8H11NO. The third kappa shape index (κ3) is 1.74. The largest absolute Gasteiger partial charge is 0.399 e. The zero-order valence-electron chi connectivity index (χ0n) is 5.75. The first-order valence-electron chi connectivity index (χ1n) is 3.26. The molecule has 0 heterocycles. The minimum Gasteiger partial charge on any atom is -0.399 e. The van der Waals surface area contributed by atoms with Gasteiger partial charge in [-0.15, -0.1) is 0 Å². The molecular weight excluding hydrogens is 126 g/mol. The average Bonchev–Trinajstić information content (AvgIpc) is 1.95. The van der Waals surface area contributed by atoms with Crippen LogP contribution in [0.2, 0.25) is 0 Å². The van der Waals surface area contributed by atoms with Crippen molar-refractivity contribution in [3.05, 3.63) is 35.6 Å². The van der Waals surface area contributed by atoms with E-state index in [9.17, 15) is 0 Å². The van der Waals surface area contributed by atoms with Crippen LogP contribution >= 0.6 is 0 Å². The first-order chi connectivity index (χ1) is 4.83. The molecule has 3 N–H and O–H groups in total. The standard InChI is InChI=1S/C8H11NO/c9-8-3-1-7(2-4-8)5-6-10/h1,3-5,10H,2,6,9H2. The third-order valence-electron chi connectivity index (χ3n) is 1.42. The van der Waals surface area contributed by atoms with Gasteiger partial charge in [0.05, 0.1) is 6.61 Å². The Hall–Kier alpha value is -1.02. The lowest BCUT2D eigenvalue weighted by Crippen LogP contribution is -1.97. The minimum absolute atomic E-state index is 0.105. The van der Waals surface area contributed by atoms with E-state index in [1.165, 1.54) is 0 Å². The summed E-state index contributed by atoms with van der Waals surface area (Å²) < 4.78 is 0. The second kappa shape index (κ2) is 3.22. The lowest BCUT2D eigenvalue weighted by atomic mass is 10.1. The monoisotopic (exact) mass is 137 g/mol. The van der Waals surface area contributed by atoms with Crippen LogP contribution in [0.3, 0.4) is 0 Å². The van der Waals surface area contributed by atoms with Crippen molar-refractivity contribution in [3.8, 4) is 0 Å². The number of aliphatic hydroxyl groups is 1. The lowest BCUT2D eigenvalue weighted by molar-refractivity contribution is 0.342. The minimum atomic E-state index is 0.105. The van der Waals surface area contributed by atoms with Gasteiger partial charge in [-0.1, -0.05) is 18.2 Å². The third-order valence-corrected chi connectivity index (χ3v) is 1.42. The van der Waals surface area contributed by atoms with Gasteiger partial charge in [-0.2, -0.15) is 0 Å². The van der Waals surface area contributed by atoms with Crippen molar-refractivity contribution in [3.63, 3.8) is 0 Å². The summed E-state index contributed by atoms with van der Waals surface area (Å²) in [6.07, 6.45) is 8.31. The fourth-order valence-corrected chi connectivity index (χ4v) is 0.844. The molecule has 10 heavy (non-hydrogen) atoms. The van der Waals surface area contributed by atoms with Crippen molar-refractivity contribution in [1.29, 1.82) is 0 Å². The van der Waals surface area contributed by atoms with Gasteiger partial charge in [-0.25, -0.2) is 0 Å². The molecule has 0 bridgehead atoms. The van der Waals surface area contributed by atoms with Crippen molar-refractivity contribution in [2.75, 3.05) is 6.61 Å². The molecule has 2 nitrogen and oxygen atoms in total. The van der Waals surface area contributed by atoms with Gasteiger partial charge in [0.25, 0.3) is 0 Å². The second-order valence-corrected chi connectivity index (χ2v) is 2.20. The highest BCUT2D eigenvalue weighted by atomic mass is 16.2. The fourth-order valence-electron chi connectivity index (χ4n) is 0.844. The Morgan fingerprint density at radius 1 is 1.60 bits per heavy atom. The fraction of sp³-hybridized carbons (Fsp3) is 0.250. The summed E-state index contributed by atoms with van der Waals surface area (Å²) in [5, 5.41) is 8.52. The van der Waals surface area contributed by atoms with Crippen LogP contribution < -0.4 is 5.73 Å². The lowest BCUT2D eigenvalue weighted by Gasteiger charge is -2.03. The molecule has 0 saturated carbocycles. The molecule has 0 atom stereocenters. The zero-order chi connectivity index (χ0) is 7.40. The van der Waals surface area contributed by atoms with E-state index in [-0.39, 0.29) is 6.61 Å². The molecule has 1 rings (SSSR count). The summed E-state index contributed by atoms with van der Waals surface area (Å²) in [7, 11) is 0. The summed E-state index contributed by atoms with van der Waals surface area (Å²) >= 11 is 0. The van der Waals surface area contributed by atoms with Crippen molar-refractivity contribution in [1.82, 2.24) is 0 Å². The van der Waals surface area contributed by atoms with Gasteiger partial charge in [0.15, 0.2) is 0 Å². The quantitative estimate of drug-likeness (QED) is 0.559. The van der Waals surface area contributed by atoms with Gasteiger partial charge in [0.1, 0.15) is 0 Å². The number of hydrogen-bond acceptors (Lipinski definition) is 2. The van der Waals surface area contributed by atoms with Crippen molar-refractivity contribution in [2.24, 2.45) is 5.73 Å². The Bertz CT molecular complexity index is 201. The normalized spacial score (nSPS) is 21.3. The maximum absolute atomic E-state index is 8.52. The first-order valence-corrected chi connectivity index (χ1v) is 3.26. The van der Waals surface area contributed by atoms with E-state index < -0.39 is 0 Å². The summed E-state index contributed by atoms with van der Waals surface area (Å²) in [6, 6.07) is 0. The molecule has 2 heteroatoms. The Labute approximate surface area is 60.4 Å². The second-order valence-electron chi connectivity index (χ2n) is 2.20. The van der Waals surface area contributed by atoms with Crippen LogP contribution in [0.4, 0.5) is 0 Å². The smallest absolute Gasteiger partial charge is 0.0618 e. The van der Waals surface area contributed by atoms with Crippen LogP contribution in [0.25, 0.3) is 0 Å². The summed E-state index contributed by atoms with van der Waals surface area (Å²) in [4.78, 5) is 0. The number of rotatable bonds is 1. The van der Waals surface area contributed by atoms with Crippen LogP contribution in [0.1, 0.15) is 6.42 Å². The summed E-state index contributed by atoms with van der Waals surface area (Å²) in [5.74, 6) is 0. The van der Waals surface area contributed by atoms with E-state index in [0.717, 1.165) is 17.7 Å². The number of aliphatic hydroxyl groups excluding tert-OH is 1. The molecule has 0 aromatic rings. The molecule has 0 unspecified atom stereocenters. The Balaban J connectivity index is 2.60. The molecule has 1 aliphatic rings. The highest BCUT2D eigenvalue weighted by Gasteiger charge is 1.95. The summed E-state index contributed by atoms with van der Waals surface area (Å²) in [5.41, 5.74) is 7.40. The molecule has 54 valence electrons. The predicted octanol–water partition coefficient (Wildman–Crippen LogP) is 0.708. The maximum atomic E-state index is 8.52. The molecule has 0 saturated heterocycles. The van der Waals surface area contributed by atoms with Crippen LogP contribution in [0, 0.1) is 0 Å². The topological polar surface area (TPSA) is 46.2 Å². The molecule has 0 aromatic heterocycles. The van der Waals surface area contributed by atoms with E-state index in [2.05, 4.69) is 0 Å². The molecule has 0 aliphatic heterocycles. The molecule has 0 radical (unpaired) electrons. The van der Waals surface area contributed by atoms with Crippen molar-refractivity contribution in [2.45, 2.75) is 6.42 Å². The molecule has 0 fully saturated rings. The Kier molecular flexibility index (Phi) is 2.29. The van der Waals surface area contributed by atoms with E-state index in [1.54, 1.807) is 6.08 Å². The predicted molar refractivity (Wildman–Crippen MR) is 41.2 cm³/mol. The van der Waals surface area contributed by atoms with Crippen LogP contribution in [-0.4, -0.2) is 11.7 Å². The maximum Gasteiger partial charge on any atom is 0.0618 e. The van der Waals surface area contributed by atoms with Crippen LogP contribution in [0.5, 0.6) is 0 Å². The SMILES string of the molecule is NC1=CCC(=CCO)C=C1. The average molecular weight is 137 g/mol. The van der Waals surface area contributed by atoms with Gasteiger partial charge < -0.3 is 10.8 Å². The van der Waals surface area contributed by atoms with Crippen molar-refractivity contribution >= 4 is 0 Å². The van der Waals surface area contributed by atoms with Crippen LogP contribution in [-0.2, 0) is 0 Å². The zero-order valence-corrected chi connectivity index (χ0v) is 5.75. The van der Waals surface area contributed by atoms with E-state index in [4.69, 9.17) is 10.8 Å². The van der Waals surface area contributed by atoms with Gasteiger partial charge in [-0.3, -0.25) is 0 Å². The molecule has 0 aromatic carbocycles. The highest BCUT2D eigenvalue weighted by molar-refractivity contribution is 5.33. The molecule has 0 spiro atoms. The van der Waals surface area contributed by atoms with Gasteiger partial charge in [-0.05, 0) is 18.1 Å². The van der Waals surface area contributed by atoms with E-state index >= 15 is 0 Å². The molecule has 1 aliphatic carbocycles. The van der Waals surface area contributed by atoms with Crippen molar-refractivity contribution < 1.29 is 5.11 Å². The van der Waals surface area contributed by atoms with Gasteiger partial charge >= 0.3 is 0 Å². The molecule has 0 amide bonds. The van der Waals surface area contributed by atoms with Gasteiger partial charge in [0, 0.05) is 5.70 Å². The van der Waals surface area contributed by atoms with Gasteiger partial charge in [0.2, 0.25) is 0 Å².